The highest BCUT2D eigenvalue weighted by atomic mass is 32.2. The summed E-state index contributed by atoms with van der Waals surface area (Å²) in [7, 11) is -3.85. The van der Waals surface area contributed by atoms with Gasteiger partial charge in [-0.3, -0.25) is 0 Å². The van der Waals surface area contributed by atoms with Gasteiger partial charge in [0.15, 0.2) is 11.5 Å². The van der Waals surface area contributed by atoms with E-state index in [0.717, 1.165) is 0 Å². The lowest BCUT2D eigenvalue weighted by molar-refractivity contribution is 0.0903. The lowest BCUT2D eigenvalue weighted by atomic mass is 9.95. The van der Waals surface area contributed by atoms with Crippen molar-refractivity contribution in [3.63, 3.8) is 0 Å². The Balaban J connectivity index is 1.61. The van der Waals surface area contributed by atoms with Gasteiger partial charge in [0.25, 0.3) is 0 Å². The molecule has 4 rings (SSSR count). The van der Waals surface area contributed by atoms with Gasteiger partial charge in [0.1, 0.15) is 18.8 Å². The zero-order valence-corrected chi connectivity index (χ0v) is 16.6. The fourth-order valence-electron chi connectivity index (χ4n) is 2.82. The Hall–Kier alpha value is -1.91. The van der Waals surface area contributed by atoms with Gasteiger partial charge in [-0.15, -0.1) is 11.3 Å². The predicted octanol–water partition coefficient (Wildman–Crippen LogP) is 2.80. The van der Waals surface area contributed by atoms with Crippen LogP contribution in [0.2, 0.25) is 0 Å². The molecule has 0 fully saturated rings. The van der Waals surface area contributed by atoms with Gasteiger partial charge in [0.2, 0.25) is 10.0 Å². The molecule has 0 bridgehead atoms. The van der Waals surface area contributed by atoms with E-state index in [1.165, 1.54) is 34.8 Å². The third kappa shape index (κ3) is 3.61. The van der Waals surface area contributed by atoms with E-state index in [1.807, 2.05) is 22.2 Å². The molecule has 6 nitrogen and oxygen atoms in total. The third-order valence-electron chi connectivity index (χ3n) is 4.27. The molecule has 1 aromatic carbocycles. The number of hydrogen-bond donors (Lipinski definition) is 2. The topological polar surface area (TPSA) is 84.9 Å². The van der Waals surface area contributed by atoms with Gasteiger partial charge in [0.05, 0.1) is 4.90 Å². The van der Waals surface area contributed by atoms with Crippen molar-refractivity contribution in [2.45, 2.75) is 10.5 Å². The van der Waals surface area contributed by atoms with Gasteiger partial charge < -0.3 is 14.6 Å². The zero-order valence-electron chi connectivity index (χ0n) is 14.1. The molecule has 27 heavy (non-hydrogen) atoms. The molecule has 2 N–H and O–H groups in total. The minimum Gasteiger partial charge on any atom is -0.486 e. The summed E-state index contributed by atoms with van der Waals surface area (Å²) in [6.07, 6.45) is 0. The molecular formula is C18H17NO5S3. The van der Waals surface area contributed by atoms with E-state index >= 15 is 0 Å². The molecule has 142 valence electrons. The number of fused-ring (bicyclic) bond motifs is 1. The molecule has 3 heterocycles. The Morgan fingerprint density at radius 3 is 2.63 bits per heavy atom. The summed E-state index contributed by atoms with van der Waals surface area (Å²) in [5.41, 5.74) is -0.783. The van der Waals surface area contributed by atoms with Crippen LogP contribution in [-0.2, 0) is 15.6 Å². The number of aliphatic hydroxyl groups is 1. The van der Waals surface area contributed by atoms with Crippen molar-refractivity contribution in [2.75, 3.05) is 19.8 Å². The molecule has 0 saturated heterocycles. The van der Waals surface area contributed by atoms with Crippen LogP contribution in [0.4, 0.5) is 0 Å². The summed E-state index contributed by atoms with van der Waals surface area (Å²) in [5.74, 6) is 0.920. The quantitative estimate of drug-likeness (QED) is 0.637. The second-order valence-corrected chi connectivity index (χ2v) is 9.47. The molecular weight excluding hydrogens is 406 g/mol. The molecule has 0 spiro atoms. The minimum atomic E-state index is -3.85. The first-order valence-electron chi connectivity index (χ1n) is 8.17. The lowest BCUT2D eigenvalue weighted by Crippen LogP contribution is -2.40. The smallest absolute Gasteiger partial charge is 0.240 e. The van der Waals surface area contributed by atoms with E-state index in [1.54, 1.807) is 18.2 Å². The van der Waals surface area contributed by atoms with Crippen LogP contribution in [0.15, 0.2) is 57.4 Å². The monoisotopic (exact) mass is 423 g/mol. The second kappa shape index (κ2) is 7.25. The number of thiophene rings is 2. The van der Waals surface area contributed by atoms with E-state index in [-0.39, 0.29) is 11.4 Å². The Labute approximate surface area is 165 Å². The molecule has 0 saturated carbocycles. The molecule has 1 unspecified atom stereocenters. The van der Waals surface area contributed by atoms with E-state index < -0.39 is 15.6 Å². The van der Waals surface area contributed by atoms with E-state index in [2.05, 4.69) is 4.72 Å². The van der Waals surface area contributed by atoms with Gasteiger partial charge >= 0.3 is 0 Å². The van der Waals surface area contributed by atoms with Crippen molar-refractivity contribution in [1.29, 1.82) is 0 Å². The first-order chi connectivity index (χ1) is 13.0. The Kier molecular flexibility index (Phi) is 4.95. The molecule has 1 atom stereocenters. The normalized spacial score (nSPS) is 16.0. The van der Waals surface area contributed by atoms with Crippen LogP contribution in [0.25, 0.3) is 0 Å². The maximum absolute atomic E-state index is 12.8. The van der Waals surface area contributed by atoms with Gasteiger partial charge in [-0.25, -0.2) is 13.1 Å². The maximum Gasteiger partial charge on any atom is 0.240 e. The number of rotatable bonds is 6. The van der Waals surface area contributed by atoms with Crippen molar-refractivity contribution in [1.82, 2.24) is 4.72 Å². The predicted molar refractivity (Wildman–Crippen MR) is 104 cm³/mol. The van der Waals surface area contributed by atoms with Gasteiger partial charge in [-0.1, -0.05) is 6.07 Å². The fourth-order valence-corrected chi connectivity index (χ4v) is 5.46. The SMILES string of the molecule is O=S(=O)(NCC(O)(c1ccsc1)c1cccs1)c1ccc2c(c1)OCCO2. The molecule has 1 aliphatic heterocycles. The standard InChI is InChI=1S/C18H17NO5S3/c20-18(13-5-9-25-11-13,17-2-1-8-26-17)12-19-27(21,22)14-3-4-15-16(10-14)24-7-6-23-15/h1-5,8-11,19-20H,6-7,12H2. The average molecular weight is 424 g/mol. The number of hydrogen-bond acceptors (Lipinski definition) is 7. The summed E-state index contributed by atoms with van der Waals surface area (Å²) in [5, 5.41) is 16.8. The molecule has 3 aromatic rings. The Morgan fingerprint density at radius 2 is 1.93 bits per heavy atom. The Morgan fingerprint density at radius 1 is 1.11 bits per heavy atom. The molecule has 0 amide bonds. The highest BCUT2D eigenvalue weighted by Crippen LogP contribution is 2.35. The molecule has 0 radical (unpaired) electrons. The van der Waals surface area contributed by atoms with E-state index in [9.17, 15) is 13.5 Å². The lowest BCUT2D eigenvalue weighted by Gasteiger charge is -2.27. The molecule has 1 aliphatic rings. The van der Waals surface area contributed by atoms with E-state index in [0.29, 0.717) is 35.2 Å². The van der Waals surface area contributed by atoms with Gasteiger partial charge in [0, 0.05) is 23.1 Å². The van der Waals surface area contributed by atoms with Crippen molar-refractivity contribution < 1.29 is 23.0 Å². The first kappa shape index (κ1) is 18.5. The van der Waals surface area contributed by atoms with Crippen molar-refractivity contribution in [3.8, 4) is 11.5 Å². The van der Waals surface area contributed by atoms with Crippen molar-refractivity contribution in [3.05, 3.63) is 63.0 Å². The number of sulfonamides is 1. The van der Waals surface area contributed by atoms with Crippen molar-refractivity contribution in [2.24, 2.45) is 0 Å². The number of ether oxygens (including phenoxy) is 2. The summed E-state index contributed by atoms with van der Waals surface area (Å²) in [4.78, 5) is 0.733. The Bertz CT molecular complexity index is 979. The molecule has 9 heteroatoms. The number of benzene rings is 1. The highest BCUT2D eigenvalue weighted by Gasteiger charge is 2.35. The summed E-state index contributed by atoms with van der Waals surface area (Å²) in [6.45, 7) is 0.632. The summed E-state index contributed by atoms with van der Waals surface area (Å²) < 4.78 is 39.0. The van der Waals surface area contributed by atoms with Crippen LogP contribution in [0.5, 0.6) is 11.5 Å². The zero-order chi connectivity index (χ0) is 18.9. The summed E-state index contributed by atoms with van der Waals surface area (Å²) >= 11 is 2.82. The first-order valence-corrected chi connectivity index (χ1v) is 11.5. The summed E-state index contributed by atoms with van der Waals surface area (Å²) in [6, 6.07) is 9.89. The average Bonchev–Trinajstić information content (AvgIpc) is 3.40. The van der Waals surface area contributed by atoms with Crippen LogP contribution in [0.3, 0.4) is 0 Å². The maximum atomic E-state index is 12.8. The third-order valence-corrected chi connectivity index (χ3v) is 7.37. The van der Waals surface area contributed by atoms with Crippen LogP contribution in [0, 0.1) is 0 Å². The minimum absolute atomic E-state index is 0.0607. The fraction of sp³-hybridized carbons (Fsp3) is 0.222. The van der Waals surface area contributed by atoms with Crippen molar-refractivity contribution >= 4 is 32.7 Å². The van der Waals surface area contributed by atoms with Gasteiger partial charge in [-0.2, -0.15) is 11.3 Å². The molecule has 2 aromatic heterocycles. The van der Waals surface area contributed by atoms with Crippen LogP contribution in [-0.4, -0.2) is 33.3 Å². The van der Waals surface area contributed by atoms with Crippen LogP contribution < -0.4 is 14.2 Å². The highest BCUT2D eigenvalue weighted by molar-refractivity contribution is 7.89. The number of nitrogens with one attached hydrogen (secondary N) is 1. The van der Waals surface area contributed by atoms with Crippen LogP contribution in [0.1, 0.15) is 10.4 Å². The molecule has 0 aliphatic carbocycles. The second-order valence-electron chi connectivity index (χ2n) is 5.98. The largest absolute Gasteiger partial charge is 0.486 e. The van der Waals surface area contributed by atoms with E-state index in [4.69, 9.17) is 9.47 Å². The van der Waals surface area contributed by atoms with Crippen LogP contribution >= 0.6 is 22.7 Å². The van der Waals surface area contributed by atoms with Gasteiger partial charge in [-0.05, 0) is 40.4 Å².